The number of hydrogen-bond donors (Lipinski definition) is 3. The summed E-state index contributed by atoms with van der Waals surface area (Å²) in [6.07, 6.45) is 7.39. The van der Waals surface area contributed by atoms with Crippen LogP contribution in [0.25, 0.3) is 0 Å². The van der Waals surface area contributed by atoms with Crippen molar-refractivity contribution in [2.45, 2.75) is 76.6 Å². The van der Waals surface area contributed by atoms with E-state index in [1.54, 1.807) is 31.2 Å². The summed E-state index contributed by atoms with van der Waals surface area (Å²) < 4.78 is 22.3. The molecule has 2 heterocycles. The molecule has 8 atom stereocenters. The van der Waals surface area contributed by atoms with Gasteiger partial charge in [-0.2, -0.15) is 0 Å². The Balaban J connectivity index is 1.58. The predicted octanol–water partition coefficient (Wildman–Crippen LogP) is 6.13. The molecular weight excluding hydrogens is 612 g/mol. The van der Waals surface area contributed by atoms with Crippen molar-refractivity contribution in [3.05, 3.63) is 70.3 Å². The van der Waals surface area contributed by atoms with Crippen molar-refractivity contribution in [2.24, 2.45) is 23.7 Å². The minimum atomic E-state index is -1.65. The van der Waals surface area contributed by atoms with E-state index in [-0.39, 0.29) is 28.9 Å². The van der Waals surface area contributed by atoms with Gasteiger partial charge in [-0.3, -0.25) is 14.3 Å². The SMILES string of the molecule is CCCc1cc(Cl)ccc1C1COc2ccc3cc2N(C1)CC1CCC1C(O)([C@H](C)C(=O)O)/C=C/CC(C)C(C)S(=O)NC3=O. The Morgan fingerprint density at radius 2 is 1.98 bits per heavy atom. The molecule has 2 aromatic carbocycles. The van der Waals surface area contributed by atoms with Crippen LogP contribution in [0.4, 0.5) is 5.69 Å². The highest BCUT2D eigenvalue weighted by Gasteiger charge is 2.51. The van der Waals surface area contributed by atoms with Crippen LogP contribution >= 0.6 is 11.6 Å². The summed E-state index contributed by atoms with van der Waals surface area (Å²) in [6, 6.07) is 11.3. The second-order valence-electron chi connectivity index (χ2n) is 13.1. The smallest absolute Gasteiger partial charge is 0.309 e. The van der Waals surface area contributed by atoms with Crippen molar-refractivity contribution in [2.75, 3.05) is 24.6 Å². The number of benzene rings is 2. The van der Waals surface area contributed by atoms with E-state index in [1.807, 2.05) is 32.1 Å². The Labute approximate surface area is 273 Å². The third kappa shape index (κ3) is 6.96. The molecule has 1 saturated carbocycles. The van der Waals surface area contributed by atoms with Gasteiger partial charge in [-0.1, -0.05) is 50.1 Å². The average molecular weight is 657 g/mol. The fraction of sp³-hybridized carbons (Fsp3) is 0.543. The number of carbonyl (C=O) groups excluding carboxylic acids is 1. The van der Waals surface area contributed by atoms with E-state index < -0.39 is 34.4 Å². The number of ether oxygens (including phenoxy) is 1. The average Bonchev–Trinajstić information content (AvgIpc) is 3.17. The van der Waals surface area contributed by atoms with Crippen molar-refractivity contribution >= 4 is 40.2 Å². The number of fused-ring (bicyclic) bond motifs is 2. The third-order valence-corrected chi connectivity index (χ3v) is 12.0. The van der Waals surface area contributed by atoms with Gasteiger partial charge in [0.2, 0.25) is 0 Å². The van der Waals surface area contributed by atoms with Crippen LogP contribution in [-0.4, -0.2) is 56.8 Å². The quantitative estimate of drug-likeness (QED) is 0.332. The lowest BCUT2D eigenvalue weighted by atomic mass is 9.60. The summed E-state index contributed by atoms with van der Waals surface area (Å²) in [5.74, 6) is -2.15. The van der Waals surface area contributed by atoms with Gasteiger partial charge in [0.15, 0.2) is 0 Å². The minimum Gasteiger partial charge on any atom is -0.491 e. The molecule has 3 N–H and O–H groups in total. The van der Waals surface area contributed by atoms with E-state index in [0.717, 1.165) is 24.9 Å². The van der Waals surface area contributed by atoms with Gasteiger partial charge < -0.3 is 19.8 Å². The lowest BCUT2D eigenvalue weighted by Crippen LogP contribution is -2.55. The molecule has 5 rings (SSSR count). The fourth-order valence-electron chi connectivity index (χ4n) is 7.04. The summed E-state index contributed by atoms with van der Waals surface area (Å²) in [5.41, 5.74) is 1.95. The Kier molecular flexibility index (Phi) is 10.3. The van der Waals surface area contributed by atoms with Gasteiger partial charge in [0, 0.05) is 29.6 Å². The lowest BCUT2D eigenvalue weighted by molar-refractivity contribution is -0.156. The van der Waals surface area contributed by atoms with Gasteiger partial charge >= 0.3 is 5.97 Å². The minimum absolute atomic E-state index is 0.00387. The number of nitrogens with zero attached hydrogens (tertiary/aromatic N) is 1. The first-order chi connectivity index (χ1) is 21.4. The number of nitrogens with one attached hydrogen (secondary N) is 1. The maximum Gasteiger partial charge on any atom is 0.309 e. The van der Waals surface area contributed by atoms with Crippen molar-refractivity contribution in [3.8, 4) is 5.75 Å². The molecular formula is C35H45ClN2O6S. The highest BCUT2D eigenvalue weighted by Crippen LogP contribution is 2.48. The Morgan fingerprint density at radius 3 is 2.67 bits per heavy atom. The topological polar surface area (TPSA) is 116 Å². The Morgan fingerprint density at radius 1 is 1.20 bits per heavy atom. The highest BCUT2D eigenvalue weighted by molar-refractivity contribution is 7.84. The molecule has 2 bridgehead atoms. The molecule has 0 radical (unpaired) electrons. The number of carboxylic acids is 1. The Hall–Kier alpha value is -2.88. The highest BCUT2D eigenvalue weighted by atomic mass is 35.5. The van der Waals surface area contributed by atoms with E-state index in [2.05, 4.69) is 22.6 Å². The van der Waals surface area contributed by atoms with Gasteiger partial charge in [0.1, 0.15) is 16.7 Å². The van der Waals surface area contributed by atoms with Crippen LogP contribution in [0.3, 0.4) is 0 Å². The molecule has 0 spiro atoms. The number of allylic oxidation sites excluding steroid dienone is 1. The molecule has 0 saturated heterocycles. The van der Waals surface area contributed by atoms with Gasteiger partial charge in [0.05, 0.1) is 29.1 Å². The number of carbonyl (C=O) groups is 2. The molecule has 8 nitrogen and oxygen atoms in total. The normalized spacial score (nSPS) is 31.8. The molecule has 244 valence electrons. The van der Waals surface area contributed by atoms with E-state index in [9.17, 15) is 24.0 Å². The molecule has 1 aliphatic carbocycles. The van der Waals surface area contributed by atoms with E-state index in [4.69, 9.17) is 16.3 Å². The lowest BCUT2D eigenvalue weighted by Gasteiger charge is -2.49. The van der Waals surface area contributed by atoms with E-state index in [0.29, 0.717) is 48.9 Å². The molecule has 45 heavy (non-hydrogen) atoms. The third-order valence-electron chi connectivity index (χ3n) is 10.3. The van der Waals surface area contributed by atoms with Crippen molar-refractivity contribution in [1.82, 2.24) is 4.72 Å². The fourth-order valence-corrected chi connectivity index (χ4v) is 8.25. The number of hydrogen-bond acceptors (Lipinski definition) is 6. The first kappa shape index (κ1) is 33.5. The standard InChI is InChI=1S/C35H45ClN2O6S/c1-5-7-24-16-28(36)11-12-29(24)27-19-38-18-26-9-13-30(26)35(42,22(3)34(40)41)15-6-8-21(2)23(4)45(43)37-33(39)25-10-14-32(44-20-27)31(38)17-25/h6,10-12,14-17,21-23,26-27,30,42H,5,7-9,13,18-20H2,1-4H3,(H,37,39)(H,40,41)/b15-6+/t21?,22-,23?,26?,27?,30?,35?,45?/m1/s1. The molecule has 3 aliphatic rings. The number of amides is 1. The molecule has 1 amide bonds. The summed E-state index contributed by atoms with van der Waals surface area (Å²) in [5, 5.41) is 22.4. The van der Waals surface area contributed by atoms with Gasteiger partial charge in [-0.25, -0.2) is 4.21 Å². The summed E-state index contributed by atoms with van der Waals surface area (Å²) >= 11 is 6.40. The molecule has 10 heteroatoms. The van der Waals surface area contributed by atoms with Gasteiger partial charge in [-0.15, -0.1) is 0 Å². The maximum atomic E-state index is 13.4. The Bertz CT molecular complexity index is 1480. The van der Waals surface area contributed by atoms with Gasteiger partial charge in [-0.05, 0) is 98.7 Å². The zero-order valence-electron chi connectivity index (χ0n) is 26.5. The summed E-state index contributed by atoms with van der Waals surface area (Å²) in [6.45, 7) is 9.07. The second kappa shape index (κ2) is 13.9. The zero-order chi connectivity index (χ0) is 32.5. The van der Waals surface area contributed by atoms with Crippen molar-refractivity contribution in [1.29, 1.82) is 0 Å². The number of halogens is 1. The molecule has 2 aliphatic heterocycles. The van der Waals surface area contributed by atoms with Crippen LogP contribution in [0.15, 0.2) is 48.6 Å². The monoisotopic (exact) mass is 656 g/mol. The largest absolute Gasteiger partial charge is 0.491 e. The number of aliphatic carboxylic acids is 1. The first-order valence-electron chi connectivity index (χ1n) is 16.1. The summed E-state index contributed by atoms with van der Waals surface area (Å²) in [4.78, 5) is 27.8. The predicted molar refractivity (Wildman–Crippen MR) is 178 cm³/mol. The maximum absolute atomic E-state index is 13.4. The van der Waals surface area contributed by atoms with Crippen molar-refractivity contribution in [3.63, 3.8) is 0 Å². The van der Waals surface area contributed by atoms with Crippen LogP contribution in [0.5, 0.6) is 5.75 Å². The second-order valence-corrected chi connectivity index (χ2v) is 15.1. The number of carboxylic acid groups (broad SMARTS) is 1. The van der Waals surface area contributed by atoms with Gasteiger partial charge in [0.25, 0.3) is 5.91 Å². The van der Waals surface area contributed by atoms with Crippen LogP contribution in [0, 0.1) is 23.7 Å². The molecule has 2 aromatic rings. The summed E-state index contributed by atoms with van der Waals surface area (Å²) in [7, 11) is -1.65. The molecule has 7 unspecified atom stereocenters. The number of aliphatic hydroxyl groups is 1. The van der Waals surface area contributed by atoms with E-state index in [1.165, 1.54) is 11.1 Å². The number of aryl methyl sites for hydroxylation is 1. The first-order valence-corrected chi connectivity index (χ1v) is 17.7. The number of anilines is 1. The molecule has 0 aromatic heterocycles. The van der Waals surface area contributed by atoms with Crippen LogP contribution < -0.4 is 14.4 Å². The van der Waals surface area contributed by atoms with E-state index >= 15 is 0 Å². The zero-order valence-corrected chi connectivity index (χ0v) is 28.1. The molecule has 1 fully saturated rings. The van der Waals surface area contributed by atoms with Crippen LogP contribution in [0.2, 0.25) is 5.02 Å². The van der Waals surface area contributed by atoms with Crippen LogP contribution in [0.1, 0.15) is 80.8 Å². The van der Waals surface area contributed by atoms with Crippen LogP contribution in [-0.2, 0) is 22.2 Å². The van der Waals surface area contributed by atoms with Crippen molar-refractivity contribution < 1.29 is 28.7 Å². The number of rotatable bonds is 5.